The normalized spacial score (nSPS) is 19.9. The molecule has 1 N–H and O–H groups in total. The third-order valence-corrected chi connectivity index (χ3v) is 6.54. The van der Waals surface area contributed by atoms with E-state index in [1.807, 2.05) is 26.8 Å². The van der Waals surface area contributed by atoms with Gasteiger partial charge in [0, 0.05) is 32.1 Å². The van der Waals surface area contributed by atoms with Gasteiger partial charge in [-0.1, -0.05) is 0 Å². The molecular formula is C24H32N4O6. The van der Waals surface area contributed by atoms with Gasteiger partial charge in [-0.2, -0.15) is 0 Å². The van der Waals surface area contributed by atoms with Crippen LogP contribution < -0.4 is 15.7 Å². The van der Waals surface area contributed by atoms with Crippen LogP contribution in [0.5, 0.6) is 5.75 Å². The summed E-state index contributed by atoms with van der Waals surface area (Å²) in [6.45, 7) is 6.59. The molecule has 4 rings (SSSR count). The summed E-state index contributed by atoms with van der Waals surface area (Å²) in [4.78, 5) is 51.6. The lowest BCUT2D eigenvalue weighted by atomic mass is 9.87. The number of likely N-dealkylation sites (tertiary alicyclic amines) is 1. The van der Waals surface area contributed by atoms with Gasteiger partial charge in [0.2, 0.25) is 11.8 Å². The van der Waals surface area contributed by atoms with E-state index in [9.17, 15) is 19.2 Å². The van der Waals surface area contributed by atoms with Gasteiger partial charge >= 0.3 is 11.8 Å². The molecule has 2 aromatic rings. The van der Waals surface area contributed by atoms with Gasteiger partial charge in [0.25, 0.3) is 0 Å². The van der Waals surface area contributed by atoms with Crippen molar-refractivity contribution in [2.75, 3.05) is 20.2 Å². The molecule has 2 fully saturated rings. The highest BCUT2D eigenvalue weighted by Crippen LogP contribution is 2.40. The van der Waals surface area contributed by atoms with E-state index < -0.39 is 17.6 Å². The molecule has 3 amide bonds. The minimum absolute atomic E-state index is 0.0561. The minimum Gasteiger partial charge on any atom is -0.496 e. The monoisotopic (exact) mass is 472 g/mol. The van der Waals surface area contributed by atoms with Crippen molar-refractivity contribution in [3.63, 3.8) is 0 Å². The van der Waals surface area contributed by atoms with Crippen molar-refractivity contribution in [2.24, 2.45) is 7.05 Å². The molecule has 0 saturated carbocycles. The number of piperidine rings is 2. The molecule has 34 heavy (non-hydrogen) atoms. The molecule has 1 unspecified atom stereocenters. The molecule has 10 heteroatoms. The number of hydrogen-bond acceptors (Lipinski definition) is 6. The number of ether oxygens (including phenoxy) is 2. The molecule has 0 radical (unpaired) electrons. The molecule has 0 aliphatic carbocycles. The number of benzene rings is 1. The maximum absolute atomic E-state index is 13.3. The number of rotatable bonds is 3. The average Bonchev–Trinajstić information content (AvgIpc) is 3.02. The largest absolute Gasteiger partial charge is 0.496 e. The van der Waals surface area contributed by atoms with E-state index in [4.69, 9.17) is 9.47 Å². The van der Waals surface area contributed by atoms with Crippen molar-refractivity contribution >= 4 is 28.9 Å². The molecule has 0 bridgehead atoms. The van der Waals surface area contributed by atoms with Crippen LogP contribution in [0.15, 0.2) is 16.9 Å². The highest BCUT2D eigenvalue weighted by Gasteiger charge is 2.34. The Bertz CT molecular complexity index is 1200. The van der Waals surface area contributed by atoms with Crippen molar-refractivity contribution in [2.45, 2.75) is 64.0 Å². The van der Waals surface area contributed by atoms with Crippen molar-refractivity contribution in [1.29, 1.82) is 0 Å². The second kappa shape index (κ2) is 8.81. The third-order valence-electron chi connectivity index (χ3n) is 6.54. The van der Waals surface area contributed by atoms with E-state index in [1.165, 1.54) is 4.57 Å². The summed E-state index contributed by atoms with van der Waals surface area (Å²) in [7, 11) is 3.28. The van der Waals surface area contributed by atoms with Gasteiger partial charge in [-0.15, -0.1) is 0 Å². The Morgan fingerprint density at radius 1 is 1.09 bits per heavy atom. The Balaban J connectivity index is 1.70. The second-order valence-electron chi connectivity index (χ2n) is 9.97. The standard InChI is InChI=1S/C24H32N4O6/c1-24(2,3)34-23(32)27-12-10-14(11-13-27)19-17(33-5)8-6-15-20(19)26(4)22(31)28(15)16-7-9-18(29)25-21(16)30/h6,8,14,16H,7,9-13H2,1-5H3,(H,25,29,30). The summed E-state index contributed by atoms with van der Waals surface area (Å²) in [6.07, 6.45) is 1.51. The van der Waals surface area contributed by atoms with E-state index in [0.717, 1.165) is 5.56 Å². The number of aryl methyl sites for hydroxylation is 1. The lowest BCUT2D eigenvalue weighted by molar-refractivity contribution is -0.135. The number of carbonyl (C=O) groups is 3. The molecular weight excluding hydrogens is 440 g/mol. The Morgan fingerprint density at radius 3 is 2.35 bits per heavy atom. The molecule has 1 aromatic carbocycles. The summed E-state index contributed by atoms with van der Waals surface area (Å²) in [5.41, 5.74) is 1.37. The molecule has 2 saturated heterocycles. The molecule has 0 spiro atoms. The highest BCUT2D eigenvalue weighted by atomic mass is 16.6. The summed E-state index contributed by atoms with van der Waals surface area (Å²) >= 11 is 0. The van der Waals surface area contributed by atoms with Gasteiger partial charge in [0.1, 0.15) is 17.4 Å². The van der Waals surface area contributed by atoms with Gasteiger partial charge < -0.3 is 14.4 Å². The first kappa shape index (κ1) is 23.8. The third kappa shape index (κ3) is 4.28. The van der Waals surface area contributed by atoms with Crippen LogP contribution in [0.4, 0.5) is 4.79 Å². The van der Waals surface area contributed by atoms with Gasteiger partial charge in [0.05, 0.1) is 18.1 Å². The molecule has 2 aliphatic rings. The SMILES string of the molecule is COc1ccc2c(c1C1CCN(C(=O)OC(C)(C)C)CC1)n(C)c(=O)n2C1CCC(=O)NC1=O. The van der Waals surface area contributed by atoms with Gasteiger partial charge in [-0.3, -0.25) is 24.0 Å². The quantitative estimate of drug-likeness (QED) is 0.687. The predicted octanol–water partition coefficient (Wildman–Crippen LogP) is 2.44. The number of imide groups is 1. The van der Waals surface area contributed by atoms with E-state index in [-0.39, 0.29) is 36.4 Å². The highest BCUT2D eigenvalue weighted by molar-refractivity contribution is 6.00. The molecule has 184 valence electrons. The minimum atomic E-state index is -0.746. The lowest BCUT2D eigenvalue weighted by Crippen LogP contribution is -2.44. The first-order chi connectivity index (χ1) is 16.0. The van der Waals surface area contributed by atoms with Gasteiger partial charge in [0.15, 0.2) is 0 Å². The molecule has 10 nitrogen and oxygen atoms in total. The van der Waals surface area contributed by atoms with E-state index in [0.29, 0.717) is 42.7 Å². The summed E-state index contributed by atoms with van der Waals surface area (Å²) in [5.74, 6) is -0.0673. The second-order valence-corrected chi connectivity index (χ2v) is 9.97. The topological polar surface area (TPSA) is 112 Å². The Labute approximate surface area is 197 Å². The maximum atomic E-state index is 13.3. The number of nitrogens with one attached hydrogen (secondary N) is 1. The molecule has 1 aromatic heterocycles. The predicted molar refractivity (Wildman–Crippen MR) is 125 cm³/mol. The molecule has 1 atom stereocenters. The van der Waals surface area contributed by atoms with Crippen LogP contribution in [0.2, 0.25) is 0 Å². The van der Waals surface area contributed by atoms with Crippen LogP contribution in [0, 0.1) is 0 Å². The first-order valence-electron chi connectivity index (χ1n) is 11.6. The number of imidazole rings is 1. The zero-order valence-electron chi connectivity index (χ0n) is 20.3. The van der Waals surface area contributed by atoms with Crippen molar-refractivity contribution in [1.82, 2.24) is 19.4 Å². The van der Waals surface area contributed by atoms with Crippen LogP contribution in [-0.2, 0) is 21.4 Å². The van der Waals surface area contributed by atoms with Gasteiger partial charge in [-0.25, -0.2) is 9.59 Å². The Hall–Kier alpha value is -3.30. The van der Waals surface area contributed by atoms with E-state index >= 15 is 0 Å². The molecule has 2 aliphatic heterocycles. The fraction of sp³-hybridized carbons (Fsp3) is 0.583. The average molecular weight is 473 g/mol. The first-order valence-corrected chi connectivity index (χ1v) is 11.6. The maximum Gasteiger partial charge on any atom is 0.410 e. The number of aromatic nitrogens is 2. The van der Waals surface area contributed by atoms with Crippen molar-refractivity contribution in [3.8, 4) is 5.75 Å². The number of methoxy groups -OCH3 is 1. The number of fused-ring (bicyclic) bond motifs is 1. The van der Waals surface area contributed by atoms with Crippen LogP contribution in [0.1, 0.15) is 64.0 Å². The summed E-state index contributed by atoms with van der Waals surface area (Å²) in [5, 5.41) is 2.34. The van der Waals surface area contributed by atoms with E-state index in [2.05, 4.69) is 5.32 Å². The zero-order valence-corrected chi connectivity index (χ0v) is 20.3. The zero-order chi connectivity index (χ0) is 24.8. The summed E-state index contributed by atoms with van der Waals surface area (Å²) < 4.78 is 14.2. The Kier molecular flexibility index (Phi) is 6.18. The number of carbonyl (C=O) groups excluding carboxylic acids is 3. The van der Waals surface area contributed by atoms with E-state index in [1.54, 1.807) is 29.7 Å². The van der Waals surface area contributed by atoms with Crippen LogP contribution in [-0.4, -0.2) is 57.7 Å². The molecule has 3 heterocycles. The van der Waals surface area contributed by atoms with Crippen molar-refractivity contribution in [3.05, 3.63) is 28.2 Å². The summed E-state index contributed by atoms with van der Waals surface area (Å²) in [6, 6.07) is 2.86. The Morgan fingerprint density at radius 2 is 1.76 bits per heavy atom. The number of amides is 3. The number of hydrogen-bond donors (Lipinski definition) is 1. The van der Waals surface area contributed by atoms with Crippen LogP contribution in [0.25, 0.3) is 11.0 Å². The van der Waals surface area contributed by atoms with Crippen LogP contribution >= 0.6 is 0 Å². The fourth-order valence-corrected chi connectivity index (χ4v) is 4.96. The van der Waals surface area contributed by atoms with Crippen LogP contribution in [0.3, 0.4) is 0 Å². The smallest absolute Gasteiger partial charge is 0.410 e. The lowest BCUT2D eigenvalue weighted by Gasteiger charge is -2.34. The number of nitrogens with zero attached hydrogens (tertiary/aromatic N) is 3. The van der Waals surface area contributed by atoms with Crippen molar-refractivity contribution < 1.29 is 23.9 Å². The van der Waals surface area contributed by atoms with Gasteiger partial charge in [-0.05, 0) is 58.1 Å². The fourth-order valence-electron chi connectivity index (χ4n) is 4.96.